The number of hydrogen-bond donors (Lipinski definition) is 1. The third-order valence-electron chi connectivity index (χ3n) is 4.07. The molecule has 1 aliphatic heterocycles. The first-order chi connectivity index (χ1) is 9.92. The van der Waals surface area contributed by atoms with E-state index in [-0.39, 0.29) is 36.4 Å². The van der Waals surface area contributed by atoms with Crippen LogP contribution in [0.25, 0.3) is 0 Å². The summed E-state index contributed by atoms with van der Waals surface area (Å²) in [5, 5.41) is 0. The lowest BCUT2D eigenvalue weighted by molar-refractivity contribution is -0.136. The largest absolute Gasteiger partial charge is 0.497 e. The summed E-state index contributed by atoms with van der Waals surface area (Å²) in [4.78, 5) is 14.1. The minimum Gasteiger partial charge on any atom is -0.497 e. The Hall–Kier alpha value is -1.46. The van der Waals surface area contributed by atoms with Gasteiger partial charge in [0.1, 0.15) is 11.5 Å². The molecule has 0 spiro atoms. The van der Waals surface area contributed by atoms with Crippen molar-refractivity contribution in [2.24, 2.45) is 11.1 Å². The van der Waals surface area contributed by atoms with Crippen LogP contribution in [0.5, 0.6) is 11.5 Å². The summed E-state index contributed by atoms with van der Waals surface area (Å²) in [6.45, 7) is 5.61. The van der Waals surface area contributed by atoms with E-state index in [2.05, 4.69) is 13.8 Å². The number of halogens is 1. The van der Waals surface area contributed by atoms with Crippen molar-refractivity contribution in [3.05, 3.63) is 24.3 Å². The molecule has 2 rings (SSSR count). The number of likely N-dealkylation sites (tertiary alicyclic amines) is 1. The number of carbonyl (C=O) groups is 1. The Balaban J connectivity index is 0.00000242. The lowest BCUT2D eigenvalue weighted by Crippen LogP contribution is -2.54. The van der Waals surface area contributed by atoms with Gasteiger partial charge in [-0.3, -0.25) is 4.79 Å². The molecular formula is C16H25ClN2O3. The van der Waals surface area contributed by atoms with Gasteiger partial charge in [-0.1, -0.05) is 19.9 Å². The van der Waals surface area contributed by atoms with E-state index < -0.39 is 0 Å². The fourth-order valence-electron chi connectivity index (χ4n) is 2.51. The molecule has 0 aliphatic carbocycles. The second-order valence-electron chi connectivity index (χ2n) is 6.17. The molecule has 1 aromatic carbocycles. The number of nitrogens with zero attached hydrogens (tertiary/aromatic N) is 1. The zero-order valence-corrected chi connectivity index (χ0v) is 14.2. The monoisotopic (exact) mass is 328 g/mol. The number of piperidine rings is 1. The predicted octanol–water partition coefficient (Wildman–Crippen LogP) is 2.08. The van der Waals surface area contributed by atoms with Crippen LogP contribution >= 0.6 is 12.4 Å². The Bertz CT molecular complexity index is 508. The van der Waals surface area contributed by atoms with Crippen LogP contribution in [0.4, 0.5) is 0 Å². The molecule has 1 heterocycles. The highest BCUT2D eigenvalue weighted by atomic mass is 35.5. The Morgan fingerprint density at radius 2 is 2.09 bits per heavy atom. The van der Waals surface area contributed by atoms with Crippen molar-refractivity contribution in [1.82, 2.24) is 4.90 Å². The van der Waals surface area contributed by atoms with Crippen molar-refractivity contribution >= 4 is 18.3 Å². The van der Waals surface area contributed by atoms with Gasteiger partial charge in [0.05, 0.1) is 7.11 Å². The Labute approximate surface area is 138 Å². The van der Waals surface area contributed by atoms with Crippen LogP contribution in [0.3, 0.4) is 0 Å². The Morgan fingerprint density at radius 1 is 1.41 bits per heavy atom. The average Bonchev–Trinajstić information content (AvgIpc) is 2.47. The first-order valence-corrected chi connectivity index (χ1v) is 7.22. The first-order valence-electron chi connectivity index (χ1n) is 7.22. The molecule has 6 heteroatoms. The molecule has 5 nitrogen and oxygen atoms in total. The summed E-state index contributed by atoms with van der Waals surface area (Å²) >= 11 is 0. The molecule has 1 atom stereocenters. The Kier molecular flexibility index (Phi) is 6.50. The second-order valence-corrected chi connectivity index (χ2v) is 6.17. The lowest BCUT2D eigenvalue weighted by atomic mass is 9.80. The van der Waals surface area contributed by atoms with Gasteiger partial charge in [-0.15, -0.1) is 12.4 Å². The molecule has 1 amide bonds. The number of methoxy groups -OCH3 is 1. The molecule has 0 bridgehead atoms. The van der Waals surface area contributed by atoms with Gasteiger partial charge in [0.25, 0.3) is 5.91 Å². The van der Waals surface area contributed by atoms with Gasteiger partial charge < -0.3 is 20.1 Å². The maximum Gasteiger partial charge on any atom is 0.260 e. The number of benzene rings is 1. The van der Waals surface area contributed by atoms with Crippen LogP contribution in [0.2, 0.25) is 0 Å². The molecule has 1 saturated heterocycles. The van der Waals surface area contributed by atoms with Crippen molar-refractivity contribution in [2.45, 2.75) is 26.3 Å². The second kappa shape index (κ2) is 7.70. The maximum atomic E-state index is 12.2. The number of carbonyl (C=O) groups excluding carboxylic acids is 1. The molecule has 1 unspecified atom stereocenters. The molecule has 1 aromatic rings. The van der Waals surface area contributed by atoms with Crippen molar-refractivity contribution in [3.63, 3.8) is 0 Å². The standard InChI is InChI=1S/C16H24N2O3.ClH/c1-16(2)11-18(8-7-14(16)17)15(19)10-21-13-6-4-5-12(9-13)20-3;/h4-6,9,14H,7-8,10-11,17H2,1-3H3;1H. The fourth-order valence-corrected chi connectivity index (χ4v) is 2.51. The van der Waals surface area contributed by atoms with Crippen LogP contribution in [-0.4, -0.2) is 43.7 Å². The highest BCUT2D eigenvalue weighted by Gasteiger charge is 2.35. The fraction of sp³-hybridized carbons (Fsp3) is 0.562. The Morgan fingerprint density at radius 3 is 2.73 bits per heavy atom. The molecule has 2 N–H and O–H groups in total. The summed E-state index contributed by atoms with van der Waals surface area (Å²) in [6.07, 6.45) is 0.831. The number of amides is 1. The van der Waals surface area contributed by atoms with Crippen molar-refractivity contribution < 1.29 is 14.3 Å². The number of ether oxygens (including phenoxy) is 2. The summed E-state index contributed by atoms with van der Waals surface area (Å²) in [7, 11) is 1.60. The molecule has 124 valence electrons. The minimum absolute atomic E-state index is 0. The average molecular weight is 329 g/mol. The normalized spacial score (nSPS) is 20.0. The van der Waals surface area contributed by atoms with E-state index in [1.807, 2.05) is 23.1 Å². The van der Waals surface area contributed by atoms with E-state index in [0.717, 1.165) is 6.42 Å². The first kappa shape index (κ1) is 18.6. The zero-order chi connectivity index (χ0) is 15.5. The quantitative estimate of drug-likeness (QED) is 0.919. The van der Waals surface area contributed by atoms with Gasteiger partial charge in [-0.25, -0.2) is 0 Å². The van der Waals surface area contributed by atoms with Gasteiger partial charge in [0, 0.05) is 25.2 Å². The number of rotatable bonds is 4. The van der Waals surface area contributed by atoms with Crippen molar-refractivity contribution in [1.29, 1.82) is 0 Å². The highest BCUT2D eigenvalue weighted by molar-refractivity contribution is 5.85. The van der Waals surface area contributed by atoms with Gasteiger partial charge in [0.15, 0.2) is 6.61 Å². The van der Waals surface area contributed by atoms with Crippen molar-refractivity contribution in [3.8, 4) is 11.5 Å². The van der Waals surface area contributed by atoms with E-state index in [4.69, 9.17) is 15.2 Å². The van der Waals surface area contributed by atoms with E-state index in [1.165, 1.54) is 0 Å². The molecule has 22 heavy (non-hydrogen) atoms. The third kappa shape index (κ3) is 4.52. The van der Waals surface area contributed by atoms with Gasteiger partial charge >= 0.3 is 0 Å². The maximum absolute atomic E-state index is 12.2. The lowest BCUT2D eigenvalue weighted by Gasteiger charge is -2.42. The molecule has 0 radical (unpaired) electrons. The predicted molar refractivity (Wildman–Crippen MR) is 88.7 cm³/mol. The summed E-state index contributed by atoms with van der Waals surface area (Å²) in [5.41, 5.74) is 6.04. The number of hydrogen-bond acceptors (Lipinski definition) is 4. The summed E-state index contributed by atoms with van der Waals surface area (Å²) < 4.78 is 10.7. The van der Waals surface area contributed by atoms with E-state index in [9.17, 15) is 4.79 Å². The van der Waals surface area contributed by atoms with E-state index in [1.54, 1.807) is 13.2 Å². The van der Waals surface area contributed by atoms with Crippen LogP contribution in [-0.2, 0) is 4.79 Å². The summed E-state index contributed by atoms with van der Waals surface area (Å²) in [6, 6.07) is 7.39. The SMILES string of the molecule is COc1cccc(OCC(=O)N2CCC(N)C(C)(C)C2)c1.Cl. The highest BCUT2D eigenvalue weighted by Crippen LogP contribution is 2.27. The van der Waals surface area contributed by atoms with Gasteiger partial charge in [-0.2, -0.15) is 0 Å². The molecule has 1 aliphatic rings. The zero-order valence-electron chi connectivity index (χ0n) is 13.4. The van der Waals surface area contributed by atoms with Crippen LogP contribution in [0.1, 0.15) is 20.3 Å². The topological polar surface area (TPSA) is 64.8 Å². The van der Waals surface area contributed by atoms with Gasteiger partial charge in [-0.05, 0) is 24.0 Å². The van der Waals surface area contributed by atoms with Crippen LogP contribution in [0, 0.1) is 5.41 Å². The van der Waals surface area contributed by atoms with Crippen LogP contribution < -0.4 is 15.2 Å². The number of nitrogens with two attached hydrogens (primary N) is 1. The molecule has 1 fully saturated rings. The minimum atomic E-state index is -0.0517. The van der Waals surface area contributed by atoms with Crippen molar-refractivity contribution in [2.75, 3.05) is 26.8 Å². The molecule has 0 aromatic heterocycles. The van der Waals surface area contributed by atoms with E-state index >= 15 is 0 Å². The van der Waals surface area contributed by atoms with Gasteiger partial charge in [0.2, 0.25) is 0 Å². The molecular weight excluding hydrogens is 304 g/mol. The summed E-state index contributed by atoms with van der Waals surface area (Å²) in [5.74, 6) is 1.35. The van der Waals surface area contributed by atoms with E-state index in [0.29, 0.717) is 24.6 Å². The smallest absolute Gasteiger partial charge is 0.260 e. The van der Waals surface area contributed by atoms with Crippen LogP contribution in [0.15, 0.2) is 24.3 Å². The molecule has 0 saturated carbocycles. The third-order valence-corrected chi connectivity index (χ3v) is 4.07.